The number of ether oxygens (including phenoxy) is 1. The van der Waals surface area contributed by atoms with E-state index in [9.17, 15) is 13.2 Å². The third-order valence-corrected chi connectivity index (χ3v) is 7.63. The zero-order valence-electron chi connectivity index (χ0n) is 16.8. The Hall–Kier alpha value is -2.49. The van der Waals surface area contributed by atoms with Crippen LogP contribution in [0, 0.1) is 6.92 Å². The molecule has 1 aromatic heterocycles. The van der Waals surface area contributed by atoms with Crippen molar-refractivity contribution in [3.05, 3.63) is 47.5 Å². The predicted octanol–water partition coefficient (Wildman–Crippen LogP) is 4.09. The summed E-state index contributed by atoms with van der Waals surface area (Å²) in [6.07, 6.45) is 3.65. The maximum Gasteiger partial charge on any atom is 0.257 e. The van der Waals surface area contributed by atoms with E-state index in [1.807, 2.05) is 25.1 Å². The third kappa shape index (κ3) is 4.33. The van der Waals surface area contributed by atoms with Gasteiger partial charge in [0.05, 0.1) is 17.3 Å². The van der Waals surface area contributed by atoms with Crippen LogP contribution in [0.15, 0.2) is 41.3 Å². The van der Waals surface area contributed by atoms with Crippen molar-refractivity contribution < 1.29 is 17.9 Å². The van der Waals surface area contributed by atoms with E-state index in [0.29, 0.717) is 5.13 Å². The smallest absolute Gasteiger partial charge is 0.257 e. The van der Waals surface area contributed by atoms with Crippen LogP contribution in [0.3, 0.4) is 0 Å². The molecule has 4 rings (SSSR count). The summed E-state index contributed by atoms with van der Waals surface area (Å²) in [7, 11) is -2.40. The minimum atomic E-state index is -3.81. The summed E-state index contributed by atoms with van der Waals surface area (Å²) < 4.78 is 34.8. The van der Waals surface area contributed by atoms with Crippen LogP contribution in [-0.2, 0) is 10.0 Å². The van der Waals surface area contributed by atoms with Crippen molar-refractivity contribution in [3.63, 3.8) is 0 Å². The molecule has 2 N–H and O–H groups in total. The lowest BCUT2D eigenvalue weighted by atomic mass is 10.2. The van der Waals surface area contributed by atoms with Crippen molar-refractivity contribution in [2.45, 2.75) is 43.5 Å². The highest BCUT2D eigenvalue weighted by Gasteiger charge is 2.26. The predicted molar refractivity (Wildman–Crippen MR) is 118 cm³/mol. The van der Waals surface area contributed by atoms with Gasteiger partial charge in [0.25, 0.3) is 5.91 Å². The number of anilines is 1. The van der Waals surface area contributed by atoms with Gasteiger partial charge in [0, 0.05) is 11.6 Å². The molecule has 158 valence electrons. The number of hydrogen-bond donors (Lipinski definition) is 2. The van der Waals surface area contributed by atoms with Crippen LogP contribution in [0.4, 0.5) is 5.13 Å². The molecule has 9 heteroatoms. The molecular weight excluding hydrogens is 422 g/mol. The molecule has 1 heterocycles. The number of fused-ring (bicyclic) bond motifs is 1. The Kier molecular flexibility index (Phi) is 5.77. The Morgan fingerprint density at radius 2 is 1.93 bits per heavy atom. The molecule has 30 heavy (non-hydrogen) atoms. The number of methoxy groups -OCH3 is 1. The van der Waals surface area contributed by atoms with Crippen LogP contribution in [0.25, 0.3) is 10.2 Å². The number of rotatable bonds is 6. The highest BCUT2D eigenvalue weighted by Crippen LogP contribution is 2.29. The molecule has 1 aliphatic rings. The van der Waals surface area contributed by atoms with E-state index < -0.39 is 15.9 Å². The van der Waals surface area contributed by atoms with E-state index in [4.69, 9.17) is 4.74 Å². The van der Waals surface area contributed by atoms with Crippen molar-refractivity contribution in [1.29, 1.82) is 0 Å². The number of aromatic nitrogens is 1. The first-order valence-corrected chi connectivity index (χ1v) is 12.0. The molecule has 1 aliphatic carbocycles. The second-order valence-electron chi connectivity index (χ2n) is 7.41. The fourth-order valence-corrected chi connectivity index (χ4v) is 6.07. The Morgan fingerprint density at radius 3 is 2.67 bits per heavy atom. The summed E-state index contributed by atoms with van der Waals surface area (Å²) in [6, 6.07) is 10.2. The summed E-state index contributed by atoms with van der Waals surface area (Å²) in [6.45, 7) is 2.00. The van der Waals surface area contributed by atoms with Gasteiger partial charge in [-0.25, -0.2) is 18.1 Å². The molecule has 0 unspecified atom stereocenters. The number of nitrogens with zero attached hydrogens (tertiary/aromatic N) is 1. The maximum absolute atomic E-state index is 12.9. The zero-order valence-corrected chi connectivity index (χ0v) is 18.4. The number of aryl methyl sites for hydroxylation is 1. The van der Waals surface area contributed by atoms with Gasteiger partial charge in [0.1, 0.15) is 10.6 Å². The molecule has 7 nitrogen and oxygen atoms in total. The van der Waals surface area contributed by atoms with Gasteiger partial charge in [-0.2, -0.15) is 0 Å². The topological polar surface area (TPSA) is 97.4 Å². The number of carbonyl (C=O) groups is 1. The van der Waals surface area contributed by atoms with Gasteiger partial charge in [-0.1, -0.05) is 30.2 Å². The van der Waals surface area contributed by atoms with Crippen LogP contribution >= 0.6 is 11.3 Å². The fraction of sp³-hybridized carbons (Fsp3) is 0.333. The van der Waals surface area contributed by atoms with E-state index in [-0.39, 0.29) is 22.3 Å². The number of amides is 1. The molecule has 1 amide bonds. The van der Waals surface area contributed by atoms with Crippen LogP contribution in [0.2, 0.25) is 0 Å². The SMILES string of the molecule is COc1ccc(C(=O)Nc2nc3ccc(C)cc3s2)cc1S(=O)(=O)NC1CCCC1. The number of sulfonamides is 1. The molecule has 0 saturated heterocycles. The van der Waals surface area contributed by atoms with Crippen molar-refractivity contribution in [2.24, 2.45) is 0 Å². The van der Waals surface area contributed by atoms with Crippen molar-refractivity contribution in [1.82, 2.24) is 9.71 Å². The maximum atomic E-state index is 12.9. The first kappa shape index (κ1) is 20.8. The van der Waals surface area contributed by atoms with Crippen LogP contribution < -0.4 is 14.8 Å². The second kappa shape index (κ2) is 8.33. The van der Waals surface area contributed by atoms with Crippen molar-refractivity contribution in [3.8, 4) is 5.75 Å². The van der Waals surface area contributed by atoms with E-state index in [2.05, 4.69) is 15.0 Å². The lowest BCUT2D eigenvalue weighted by Crippen LogP contribution is -2.33. The molecule has 0 radical (unpaired) electrons. The third-order valence-electron chi connectivity index (χ3n) is 5.16. The van der Waals surface area contributed by atoms with E-state index >= 15 is 0 Å². The van der Waals surface area contributed by atoms with Crippen LogP contribution in [0.5, 0.6) is 5.75 Å². The van der Waals surface area contributed by atoms with Gasteiger partial charge >= 0.3 is 0 Å². The molecule has 1 saturated carbocycles. The standard InChI is InChI=1S/C21H23N3O4S2/c1-13-7-9-16-18(11-13)29-21(22-16)23-20(25)14-8-10-17(28-2)19(12-14)30(26,27)24-15-5-3-4-6-15/h7-12,15,24H,3-6H2,1-2H3,(H,22,23,25). The Labute approximate surface area is 179 Å². The van der Waals surface area contributed by atoms with Gasteiger partial charge in [-0.3, -0.25) is 10.1 Å². The Morgan fingerprint density at radius 1 is 1.17 bits per heavy atom. The van der Waals surface area contributed by atoms with Gasteiger partial charge in [0.15, 0.2) is 5.13 Å². The lowest BCUT2D eigenvalue weighted by Gasteiger charge is -2.15. The average Bonchev–Trinajstić information content (AvgIpc) is 3.35. The van der Waals surface area contributed by atoms with E-state index in [1.54, 1.807) is 6.07 Å². The van der Waals surface area contributed by atoms with E-state index in [0.717, 1.165) is 41.5 Å². The highest BCUT2D eigenvalue weighted by atomic mass is 32.2. The molecule has 0 bridgehead atoms. The monoisotopic (exact) mass is 445 g/mol. The highest BCUT2D eigenvalue weighted by molar-refractivity contribution is 7.89. The first-order chi connectivity index (χ1) is 14.4. The van der Waals surface area contributed by atoms with Crippen LogP contribution in [0.1, 0.15) is 41.6 Å². The molecule has 0 aliphatic heterocycles. The van der Waals surface area contributed by atoms with Gasteiger partial charge in [0.2, 0.25) is 10.0 Å². The summed E-state index contributed by atoms with van der Waals surface area (Å²) in [4.78, 5) is 17.2. The molecule has 0 atom stereocenters. The van der Waals surface area contributed by atoms with Crippen LogP contribution in [-0.4, -0.2) is 32.5 Å². The average molecular weight is 446 g/mol. The molecule has 0 spiro atoms. The molecule has 1 fully saturated rings. The zero-order chi connectivity index (χ0) is 21.3. The fourth-order valence-electron chi connectivity index (χ4n) is 3.61. The van der Waals surface area contributed by atoms with Gasteiger partial charge in [-0.05, 0) is 55.7 Å². The minimum Gasteiger partial charge on any atom is -0.495 e. The largest absolute Gasteiger partial charge is 0.495 e. The van der Waals surface area contributed by atoms with Gasteiger partial charge < -0.3 is 4.74 Å². The molecular formula is C21H23N3O4S2. The molecule has 3 aromatic rings. The minimum absolute atomic E-state index is 0.0375. The summed E-state index contributed by atoms with van der Waals surface area (Å²) in [5.41, 5.74) is 2.14. The summed E-state index contributed by atoms with van der Waals surface area (Å²) in [5.74, 6) is -0.224. The van der Waals surface area contributed by atoms with Gasteiger partial charge in [-0.15, -0.1) is 0 Å². The quantitative estimate of drug-likeness (QED) is 0.596. The number of nitrogens with one attached hydrogen (secondary N) is 2. The van der Waals surface area contributed by atoms with E-state index in [1.165, 1.54) is 30.6 Å². The normalized spacial score (nSPS) is 14.9. The summed E-state index contributed by atoms with van der Waals surface area (Å²) >= 11 is 1.37. The second-order valence-corrected chi connectivity index (χ2v) is 10.1. The number of thiazole rings is 1. The lowest BCUT2D eigenvalue weighted by molar-refractivity contribution is 0.102. The molecule has 2 aromatic carbocycles. The Bertz CT molecular complexity index is 1200. The first-order valence-electron chi connectivity index (χ1n) is 9.74. The Balaban J connectivity index is 1.60. The number of carbonyl (C=O) groups excluding carboxylic acids is 1. The number of benzene rings is 2. The number of hydrogen-bond acceptors (Lipinski definition) is 6. The summed E-state index contributed by atoms with van der Waals surface area (Å²) in [5, 5.41) is 3.23. The van der Waals surface area contributed by atoms with Crippen molar-refractivity contribution in [2.75, 3.05) is 12.4 Å². The van der Waals surface area contributed by atoms with Crippen molar-refractivity contribution >= 4 is 42.6 Å².